The van der Waals surface area contributed by atoms with E-state index in [2.05, 4.69) is 10.6 Å². The average molecular weight is 362 g/mol. The molecule has 2 amide bonds. The molecule has 0 aliphatic rings. The first-order valence-electron chi connectivity index (χ1n) is 7.40. The largest absolute Gasteiger partial charge is 0.354 e. The third-order valence-electron chi connectivity index (χ3n) is 3.47. The highest BCUT2D eigenvalue weighted by Crippen LogP contribution is 2.22. The van der Waals surface area contributed by atoms with Crippen LogP contribution in [-0.2, 0) is 9.59 Å². The van der Waals surface area contributed by atoms with E-state index in [-0.39, 0.29) is 37.2 Å². The second kappa shape index (κ2) is 9.75. The summed E-state index contributed by atoms with van der Waals surface area (Å²) in [6.07, 6.45) is 1.61. The Bertz CT molecular complexity index is 548. The van der Waals surface area contributed by atoms with E-state index >= 15 is 0 Å². The van der Waals surface area contributed by atoms with Gasteiger partial charge in [0, 0.05) is 23.7 Å². The molecule has 4 N–H and O–H groups in total. The summed E-state index contributed by atoms with van der Waals surface area (Å²) in [5.74, 6) is -0.416. The number of hydrogen-bond donors (Lipinski definition) is 3. The van der Waals surface area contributed by atoms with Gasteiger partial charge in [0.25, 0.3) is 0 Å². The smallest absolute Gasteiger partial charge is 0.239 e. The highest BCUT2D eigenvalue weighted by Gasteiger charge is 2.26. The number of nitrogens with two attached hydrogens (primary N) is 1. The average Bonchev–Trinajstić information content (AvgIpc) is 2.43. The first-order chi connectivity index (χ1) is 10.3. The van der Waals surface area contributed by atoms with Crippen LogP contribution in [0, 0.1) is 6.92 Å². The molecule has 1 unspecified atom stereocenters. The maximum Gasteiger partial charge on any atom is 0.239 e. The zero-order valence-corrected chi connectivity index (χ0v) is 15.3. The lowest BCUT2D eigenvalue weighted by Gasteiger charge is -2.22. The van der Waals surface area contributed by atoms with Crippen LogP contribution in [0.1, 0.15) is 38.7 Å². The molecule has 0 spiro atoms. The van der Waals surface area contributed by atoms with Gasteiger partial charge in [0.05, 0.1) is 5.54 Å². The topological polar surface area (TPSA) is 84.2 Å². The summed E-state index contributed by atoms with van der Waals surface area (Å²) in [7, 11) is 0. The fraction of sp³-hybridized carbons (Fsp3) is 0.500. The first-order valence-corrected chi connectivity index (χ1v) is 7.78. The predicted octanol–water partition coefficient (Wildman–Crippen LogP) is 3.03. The third-order valence-corrected chi connectivity index (χ3v) is 3.88. The number of benzene rings is 1. The Hall–Kier alpha value is -1.30. The standard InChI is InChI=1S/C16H24ClN3O2.ClH/c1-4-9-16(3,18)15(22)19-10-8-14(21)20-13-7-5-6-12(17)11(13)2;/h5-7H,4,8-10,18H2,1-3H3,(H,19,22)(H,20,21);1H. The molecular weight excluding hydrogens is 337 g/mol. The zero-order chi connectivity index (χ0) is 16.8. The molecule has 0 saturated carbocycles. The van der Waals surface area contributed by atoms with Gasteiger partial charge in [-0.15, -0.1) is 12.4 Å². The van der Waals surface area contributed by atoms with Gasteiger partial charge in [-0.3, -0.25) is 9.59 Å². The van der Waals surface area contributed by atoms with E-state index in [1.54, 1.807) is 25.1 Å². The number of rotatable bonds is 7. The number of carbonyl (C=O) groups is 2. The molecule has 0 saturated heterocycles. The highest BCUT2D eigenvalue weighted by molar-refractivity contribution is 6.31. The lowest BCUT2D eigenvalue weighted by atomic mass is 9.96. The van der Waals surface area contributed by atoms with Crippen molar-refractivity contribution in [3.8, 4) is 0 Å². The Labute approximate surface area is 148 Å². The number of anilines is 1. The molecule has 0 fully saturated rings. The molecule has 7 heteroatoms. The van der Waals surface area contributed by atoms with Gasteiger partial charge in [-0.2, -0.15) is 0 Å². The maximum atomic E-state index is 11.9. The summed E-state index contributed by atoms with van der Waals surface area (Å²) in [4.78, 5) is 23.8. The summed E-state index contributed by atoms with van der Waals surface area (Å²) < 4.78 is 0. The predicted molar refractivity (Wildman–Crippen MR) is 97.2 cm³/mol. The summed E-state index contributed by atoms with van der Waals surface area (Å²) in [6, 6.07) is 5.33. The molecule has 0 aliphatic heterocycles. The second-order valence-electron chi connectivity index (χ2n) is 5.63. The maximum absolute atomic E-state index is 11.9. The van der Waals surface area contributed by atoms with E-state index in [1.807, 2.05) is 13.8 Å². The lowest BCUT2D eigenvalue weighted by Crippen LogP contribution is -2.51. The van der Waals surface area contributed by atoms with Crippen LogP contribution in [0.3, 0.4) is 0 Å². The van der Waals surface area contributed by atoms with Crippen LogP contribution in [0.5, 0.6) is 0 Å². The molecule has 130 valence electrons. The summed E-state index contributed by atoms with van der Waals surface area (Å²) in [5, 5.41) is 6.08. The van der Waals surface area contributed by atoms with Gasteiger partial charge in [0.1, 0.15) is 0 Å². The molecule has 0 heterocycles. The molecule has 23 heavy (non-hydrogen) atoms. The van der Waals surface area contributed by atoms with Crippen molar-refractivity contribution in [1.82, 2.24) is 5.32 Å². The molecule has 0 radical (unpaired) electrons. The normalized spacial score (nSPS) is 12.7. The van der Waals surface area contributed by atoms with Crippen LogP contribution in [0.4, 0.5) is 5.69 Å². The second-order valence-corrected chi connectivity index (χ2v) is 6.04. The molecule has 0 aliphatic carbocycles. The Kier molecular flexibility index (Phi) is 9.20. The van der Waals surface area contributed by atoms with Crippen LogP contribution < -0.4 is 16.4 Å². The fourth-order valence-corrected chi connectivity index (χ4v) is 2.25. The van der Waals surface area contributed by atoms with Crippen molar-refractivity contribution < 1.29 is 9.59 Å². The summed E-state index contributed by atoms with van der Waals surface area (Å²) in [6.45, 7) is 5.76. The van der Waals surface area contributed by atoms with Crippen molar-refractivity contribution in [3.05, 3.63) is 28.8 Å². The van der Waals surface area contributed by atoms with Gasteiger partial charge in [-0.1, -0.05) is 31.0 Å². The van der Waals surface area contributed by atoms with E-state index in [0.29, 0.717) is 17.1 Å². The first kappa shape index (κ1) is 21.7. The monoisotopic (exact) mass is 361 g/mol. The Morgan fingerprint density at radius 2 is 2.00 bits per heavy atom. The fourth-order valence-electron chi connectivity index (χ4n) is 2.08. The van der Waals surface area contributed by atoms with Crippen molar-refractivity contribution in [3.63, 3.8) is 0 Å². The molecule has 0 aromatic heterocycles. The van der Waals surface area contributed by atoms with Crippen molar-refractivity contribution in [2.24, 2.45) is 5.73 Å². The summed E-state index contributed by atoms with van der Waals surface area (Å²) >= 11 is 6.00. The Balaban J connectivity index is 0.00000484. The molecule has 0 bridgehead atoms. The van der Waals surface area contributed by atoms with Crippen LogP contribution >= 0.6 is 24.0 Å². The molecule has 1 aromatic carbocycles. The minimum atomic E-state index is -0.894. The van der Waals surface area contributed by atoms with E-state index in [1.165, 1.54) is 0 Å². The van der Waals surface area contributed by atoms with Gasteiger partial charge in [0.15, 0.2) is 0 Å². The highest BCUT2D eigenvalue weighted by atomic mass is 35.5. The van der Waals surface area contributed by atoms with Gasteiger partial charge >= 0.3 is 0 Å². The van der Waals surface area contributed by atoms with Gasteiger partial charge < -0.3 is 16.4 Å². The lowest BCUT2D eigenvalue weighted by molar-refractivity contribution is -0.126. The third kappa shape index (κ3) is 6.77. The Morgan fingerprint density at radius 3 is 2.61 bits per heavy atom. The van der Waals surface area contributed by atoms with Crippen LogP contribution in [-0.4, -0.2) is 23.9 Å². The molecule has 1 rings (SSSR count). The molecule has 1 aromatic rings. The van der Waals surface area contributed by atoms with E-state index in [4.69, 9.17) is 17.3 Å². The van der Waals surface area contributed by atoms with E-state index in [0.717, 1.165) is 12.0 Å². The van der Waals surface area contributed by atoms with Crippen molar-refractivity contribution in [1.29, 1.82) is 0 Å². The molecule has 1 atom stereocenters. The van der Waals surface area contributed by atoms with Crippen molar-refractivity contribution >= 4 is 41.5 Å². The molecule has 5 nitrogen and oxygen atoms in total. The van der Waals surface area contributed by atoms with Crippen LogP contribution in [0.15, 0.2) is 18.2 Å². The SMILES string of the molecule is CCCC(C)(N)C(=O)NCCC(=O)Nc1cccc(Cl)c1C.Cl. The van der Waals surface area contributed by atoms with Crippen molar-refractivity contribution in [2.45, 2.75) is 45.6 Å². The van der Waals surface area contributed by atoms with Crippen LogP contribution in [0.2, 0.25) is 5.02 Å². The van der Waals surface area contributed by atoms with Crippen LogP contribution in [0.25, 0.3) is 0 Å². The van der Waals surface area contributed by atoms with Gasteiger partial charge in [-0.25, -0.2) is 0 Å². The number of nitrogens with one attached hydrogen (secondary N) is 2. The van der Waals surface area contributed by atoms with Crippen molar-refractivity contribution in [2.75, 3.05) is 11.9 Å². The minimum Gasteiger partial charge on any atom is -0.354 e. The van der Waals surface area contributed by atoms with E-state index in [9.17, 15) is 9.59 Å². The van der Waals surface area contributed by atoms with Gasteiger partial charge in [0.2, 0.25) is 11.8 Å². The number of carbonyl (C=O) groups excluding carboxylic acids is 2. The summed E-state index contributed by atoms with van der Waals surface area (Å²) in [5.41, 5.74) is 6.52. The quantitative estimate of drug-likeness (QED) is 0.697. The zero-order valence-electron chi connectivity index (χ0n) is 13.7. The Morgan fingerprint density at radius 1 is 1.35 bits per heavy atom. The number of halogens is 2. The minimum absolute atomic E-state index is 0. The molecular formula is C16H25Cl2N3O2. The van der Waals surface area contributed by atoms with Gasteiger partial charge in [-0.05, 0) is 38.0 Å². The number of amides is 2. The number of hydrogen-bond acceptors (Lipinski definition) is 3. The van der Waals surface area contributed by atoms with E-state index < -0.39 is 5.54 Å².